The minimum atomic E-state index is 0.513. The summed E-state index contributed by atoms with van der Waals surface area (Å²) in [5.74, 6) is 1.51. The van der Waals surface area contributed by atoms with Gasteiger partial charge in [-0.15, -0.1) is 0 Å². The molecule has 5 heteroatoms. The molecule has 0 amide bonds. The van der Waals surface area contributed by atoms with Gasteiger partial charge in [-0.25, -0.2) is 0 Å². The van der Waals surface area contributed by atoms with E-state index >= 15 is 0 Å². The van der Waals surface area contributed by atoms with Crippen molar-refractivity contribution in [2.75, 3.05) is 33.0 Å². The molecule has 0 spiro atoms. The fraction of sp³-hybridized carbons (Fsp3) is 0.600. The van der Waals surface area contributed by atoms with Gasteiger partial charge >= 0.3 is 0 Å². The average Bonchev–Trinajstić information content (AvgIpc) is 2.43. The van der Waals surface area contributed by atoms with Crippen molar-refractivity contribution >= 4 is 15.9 Å². The summed E-state index contributed by atoms with van der Waals surface area (Å²) < 4.78 is 17.6. The van der Waals surface area contributed by atoms with Crippen LogP contribution in [0.4, 0.5) is 0 Å². The Morgan fingerprint density at radius 2 is 1.85 bits per heavy atom. The van der Waals surface area contributed by atoms with Crippen molar-refractivity contribution in [1.29, 1.82) is 0 Å². The van der Waals surface area contributed by atoms with Crippen molar-refractivity contribution in [2.24, 2.45) is 0 Å². The highest BCUT2D eigenvalue weighted by atomic mass is 79.9. The number of nitrogens with one attached hydrogen (secondary N) is 1. The topological polar surface area (TPSA) is 39.7 Å². The van der Waals surface area contributed by atoms with E-state index in [9.17, 15) is 0 Å². The van der Waals surface area contributed by atoms with Crippen LogP contribution in [0.3, 0.4) is 0 Å². The summed E-state index contributed by atoms with van der Waals surface area (Å²) in [6.45, 7) is 10.2. The molecule has 1 N–H and O–H groups in total. The van der Waals surface area contributed by atoms with Crippen molar-refractivity contribution in [3.8, 4) is 11.5 Å². The first-order valence-electron chi connectivity index (χ1n) is 7.09. The number of rotatable bonds is 10. The summed E-state index contributed by atoms with van der Waals surface area (Å²) in [5, 5.41) is 3.30. The number of halogens is 1. The zero-order valence-electron chi connectivity index (χ0n) is 12.5. The smallest absolute Gasteiger partial charge is 0.175 e. The molecule has 0 fully saturated rings. The van der Waals surface area contributed by atoms with Crippen molar-refractivity contribution in [1.82, 2.24) is 5.32 Å². The van der Waals surface area contributed by atoms with E-state index in [2.05, 4.69) is 34.2 Å². The summed E-state index contributed by atoms with van der Waals surface area (Å²) in [6.07, 6.45) is 0. The summed E-state index contributed by atoms with van der Waals surface area (Å²) in [4.78, 5) is 0. The van der Waals surface area contributed by atoms with Crippen LogP contribution in [0.25, 0.3) is 0 Å². The Labute approximate surface area is 129 Å². The number of hydrogen-bond donors (Lipinski definition) is 1. The highest BCUT2D eigenvalue weighted by molar-refractivity contribution is 9.10. The zero-order chi connectivity index (χ0) is 14.8. The van der Waals surface area contributed by atoms with Crippen molar-refractivity contribution in [2.45, 2.75) is 27.3 Å². The van der Waals surface area contributed by atoms with Gasteiger partial charge in [0.1, 0.15) is 6.61 Å². The molecule has 1 rings (SSSR count). The standard InChI is InChI=1S/C15H24BrNO3/c1-4-17-11-12-9-13(16)15(14(10-12)19-6-3)20-8-7-18-5-2/h9-10,17H,4-8,11H2,1-3H3. The van der Waals surface area contributed by atoms with E-state index in [-0.39, 0.29) is 0 Å². The molecule has 0 heterocycles. The van der Waals surface area contributed by atoms with E-state index in [1.54, 1.807) is 0 Å². The third-order valence-electron chi connectivity index (χ3n) is 2.63. The molecule has 0 saturated carbocycles. The maximum absolute atomic E-state index is 5.76. The van der Waals surface area contributed by atoms with Crippen LogP contribution >= 0.6 is 15.9 Å². The van der Waals surface area contributed by atoms with Crippen LogP contribution in [0.15, 0.2) is 16.6 Å². The van der Waals surface area contributed by atoms with E-state index in [0.29, 0.717) is 26.4 Å². The first-order valence-corrected chi connectivity index (χ1v) is 7.88. The molecule has 0 aromatic heterocycles. The van der Waals surface area contributed by atoms with Crippen molar-refractivity contribution < 1.29 is 14.2 Å². The minimum absolute atomic E-state index is 0.513. The molecule has 0 unspecified atom stereocenters. The van der Waals surface area contributed by atoms with Crippen LogP contribution in [-0.4, -0.2) is 33.0 Å². The molecular weight excluding hydrogens is 322 g/mol. The molecule has 4 nitrogen and oxygen atoms in total. The van der Waals surface area contributed by atoms with Gasteiger partial charge in [0.25, 0.3) is 0 Å². The van der Waals surface area contributed by atoms with Crippen LogP contribution in [0, 0.1) is 0 Å². The molecule has 0 saturated heterocycles. The van der Waals surface area contributed by atoms with Gasteiger partial charge in [-0.2, -0.15) is 0 Å². The Balaban J connectivity index is 2.79. The third-order valence-corrected chi connectivity index (χ3v) is 3.22. The number of hydrogen-bond acceptors (Lipinski definition) is 4. The molecule has 0 radical (unpaired) electrons. The van der Waals surface area contributed by atoms with Gasteiger partial charge in [0, 0.05) is 13.2 Å². The van der Waals surface area contributed by atoms with Gasteiger partial charge in [-0.05, 0) is 54.0 Å². The first kappa shape index (κ1) is 17.3. The Morgan fingerprint density at radius 1 is 1.05 bits per heavy atom. The molecule has 1 aromatic carbocycles. The lowest BCUT2D eigenvalue weighted by Crippen LogP contribution is -2.12. The van der Waals surface area contributed by atoms with E-state index in [1.165, 1.54) is 5.56 Å². The predicted molar refractivity (Wildman–Crippen MR) is 84.7 cm³/mol. The van der Waals surface area contributed by atoms with Gasteiger partial charge in [0.05, 0.1) is 17.7 Å². The molecule has 114 valence electrons. The largest absolute Gasteiger partial charge is 0.490 e. The van der Waals surface area contributed by atoms with Crippen LogP contribution in [0.1, 0.15) is 26.3 Å². The molecule has 0 aliphatic heterocycles. The van der Waals surface area contributed by atoms with Gasteiger partial charge in [0.2, 0.25) is 0 Å². The second-order valence-electron chi connectivity index (χ2n) is 4.16. The lowest BCUT2D eigenvalue weighted by Gasteiger charge is -2.15. The van der Waals surface area contributed by atoms with Crippen molar-refractivity contribution in [3.05, 3.63) is 22.2 Å². The van der Waals surface area contributed by atoms with Gasteiger partial charge in [-0.3, -0.25) is 0 Å². The van der Waals surface area contributed by atoms with E-state index in [1.807, 2.05) is 19.9 Å². The Morgan fingerprint density at radius 3 is 2.50 bits per heavy atom. The molecule has 0 bridgehead atoms. The molecular formula is C15H24BrNO3. The predicted octanol–water partition coefficient (Wildman–Crippen LogP) is 3.37. The molecule has 20 heavy (non-hydrogen) atoms. The quantitative estimate of drug-likeness (QED) is 0.660. The van der Waals surface area contributed by atoms with Gasteiger partial charge < -0.3 is 19.5 Å². The first-order chi connectivity index (χ1) is 9.72. The van der Waals surface area contributed by atoms with Crippen LogP contribution < -0.4 is 14.8 Å². The zero-order valence-corrected chi connectivity index (χ0v) is 14.1. The van der Waals surface area contributed by atoms with E-state index < -0.39 is 0 Å². The normalized spacial score (nSPS) is 10.6. The van der Waals surface area contributed by atoms with E-state index in [4.69, 9.17) is 14.2 Å². The molecule has 0 aliphatic carbocycles. The minimum Gasteiger partial charge on any atom is -0.490 e. The Bertz CT molecular complexity index is 399. The summed E-state index contributed by atoms with van der Waals surface area (Å²) >= 11 is 3.56. The van der Waals surface area contributed by atoms with Gasteiger partial charge in [0.15, 0.2) is 11.5 Å². The van der Waals surface area contributed by atoms with Gasteiger partial charge in [-0.1, -0.05) is 6.92 Å². The van der Waals surface area contributed by atoms with Crippen LogP contribution in [-0.2, 0) is 11.3 Å². The number of benzene rings is 1. The lowest BCUT2D eigenvalue weighted by molar-refractivity contribution is 0.108. The van der Waals surface area contributed by atoms with Crippen molar-refractivity contribution in [3.63, 3.8) is 0 Å². The monoisotopic (exact) mass is 345 g/mol. The second-order valence-corrected chi connectivity index (χ2v) is 5.02. The molecule has 0 atom stereocenters. The number of ether oxygens (including phenoxy) is 3. The Kier molecular flexibility index (Phi) is 8.65. The molecule has 1 aromatic rings. The fourth-order valence-corrected chi connectivity index (χ4v) is 2.35. The highest BCUT2D eigenvalue weighted by Crippen LogP contribution is 2.36. The summed E-state index contributed by atoms with van der Waals surface area (Å²) in [6, 6.07) is 4.08. The third kappa shape index (κ3) is 5.69. The SMILES string of the molecule is CCNCc1cc(Br)c(OCCOCC)c(OCC)c1. The van der Waals surface area contributed by atoms with Crippen LogP contribution in [0.2, 0.25) is 0 Å². The highest BCUT2D eigenvalue weighted by Gasteiger charge is 2.12. The maximum Gasteiger partial charge on any atom is 0.175 e. The second kappa shape index (κ2) is 10.0. The Hall–Kier alpha value is -0.780. The van der Waals surface area contributed by atoms with E-state index in [0.717, 1.165) is 29.1 Å². The summed E-state index contributed by atoms with van der Waals surface area (Å²) in [7, 11) is 0. The molecule has 0 aliphatic rings. The maximum atomic E-state index is 5.76. The lowest BCUT2D eigenvalue weighted by atomic mass is 10.2. The van der Waals surface area contributed by atoms with Crippen LogP contribution in [0.5, 0.6) is 11.5 Å². The average molecular weight is 346 g/mol. The summed E-state index contributed by atoms with van der Waals surface area (Å²) in [5.41, 5.74) is 1.17. The fourth-order valence-electron chi connectivity index (χ4n) is 1.74.